The highest BCUT2D eigenvalue weighted by Crippen LogP contribution is 2.34. The van der Waals surface area contributed by atoms with E-state index in [-0.39, 0.29) is 49.3 Å². The van der Waals surface area contributed by atoms with Gasteiger partial charge < -0.3 is 14.5 Å². The first-order valence-corrected chi connectivity index (χ1v) is 12.9. The topological polar surface area (TPSA) is 49.9 Å². The summed E-state index contributed by atoms with van der Waals surface area (Å²) in [4.78, 5) is 31.6. The van der Waals surface area contributed by atoms with Gasteiger partial charge in [0.05, 0.1) is 12.5 Å². The molecule has 2 unspecified atom stereocenters. The van der Waals surface area contributed by atoms with E-state index in [1.54, 1.807) is 28.4 Å². The Balaban J connectivity index is 1.51. The van der Waals surface area contributed by atoms with Gasteiger partial charge in [-0.2, -0.15) is 0 Å². The molecule has 2 amide bonds. The van der Waals surface area contributed by atoms with Gasteiger partial charge in [-0.3, -0.25) is 9.59 Å². The summed E-state index contributed by atoms with van der Waals surface area (Å²) in [6.45, 7) is 4.81. The molecule has 1 aliphatic rings. The van der Waals surface area contributed by atoms with Crippen molar-refractivity contribution < 1.29 is 18.7 Å². The van der Waals surface area contributed by atoms with Crippen molar-refractivity contribution in [3.05, 3.63) is 87.9 Å². The molecule has 7 heteroatoms. The first-order valence-electron chi connectivity index (χ1n) is 12.0. The van der Waals surface area contributed by atoms with E-state index in [1.165, 1.54) is 17.0 Å². The van der Waals surface area contributed by atoms with E-state index >= 15 is 0 Å². The second-order valence-electron chi connectivity index (χ2n) is 8.86. The van der Waals surface area contributed by atoms with Gasteiger partial charge in [-0.15, -0.1) is 11.3 Å². The molecule has 0 saturated carbocycles. The first kappa shape index (κ1) is 24.9. The van der Waals surface area contributed by atoms with Gasteiger partial charge in [0.15, 0.2) is 0 Å². The average Bonchev–Trinajstić information content (AvgIpc) is 3.35. The monoisotopic (exact) mass is 494 g/mol. The van der Waals surface area contributed by atoms with Crippen LogP contribution in [0.2, 0.25) is 0 Å². The summed E-state index contributed by atoms with van der Waals surface area (Å²) in [5.41, 5.74) is 2.00. The smallest absolute Gasteiger partial charge is 0.242 e. The molecule has 0 radical (unpaired) electrons. The van der Waals surface area contributed by atoms with Crippen LogP contribution in [-0.4, -0.2) is 47.4 Å². The molecule has 0 saturated heterocycles. The zero-order valence-electron chi connectivity index (χ0n) is 20.2. The Bertz CT molecular complexity index is 1150. The molecule has 0 bridgehead atoms. The van der Waals surface area contributed by atoms with Gasteiger partial charge in [-0.25, -0.2) is 4.39 Å². The number of halogens is 1. The first-order chi connectivity index (χ1) is 17.0. The van der Waals surface area contributed by atoms with Crippen LogP contribution in [0.4, 0.5) is 4.39 Å². The third-order valence-corrected chi connectivity index (χ3v) is 7.56. The lowest BCUT2D eigenvalue weighted by atomic mass is 10.00. The van der Waals surface area contributed by atoms with Gasteiger partial charge in [0.25, 0.3) is 0 Å². The third-order valence-electron chi connectivity index (χ3n) is 6.57. The Morgan fingerprint density at radius 2 is 1.97 bits per heavy atom. The van der Waals surface area contributed by atoms with Crippen molar-refractivity contribution >= 4 is 23.2 Å². The van der Waals surface area contributed by atoms with Crippen molar-refractivity contribution in [1.29, 1.82) is 0 Å². The Hall–Kier alpha value is -3.19. The molecular weight excluding hydrogens is 463 g/mol. The number of fused-ring (bicyclic) bond motifs is 1. The highest BCUT2D eigenvalue weighted by molar-refractivity contribution is 7.10. The van der Waals surface area contributed by atoms with E-state index in [9.17, 15) is 14.0 Å². The van der Waals surface area contributed by atoms with Gasteiger partial charge in [0, 0.05) is 23.5 Å². The normalized spacial score (nSPS) is 15.9. The fraction of sp³-hybridized carbons (Fsp3) is 0.357. The van der Waals surface area contributed by atoms with Crippen molar-refractivity contribution in [1.82, 2.24) is 9.80 Å². The largest absolute Gasteiger partial charge is 0.491 e. The molecule has 0 aliphatic carbocycles. The standard InChI is InChI=1S/C28H31FN2O3S/c1-3-20(2)31(27(32)16-21-8-5-4-6-9-21)18-28(33)30-14-12-26-24(13-15-35-26)25(30)19-34-23-11-7-10-22(29)17-23/h4-11,13,15,17,20,25H,3,12,14,16,18-19H2,1-2H3. The summed E-state index contributed by atoms with van der Waals surface area (Å²) >= 11 is 1.68. The van der Waals surface area contributed by atoms with Crippen LogP contribution in [-0.2, 0) is 22.4 Å². The predicted octanol–water partition coefficient (Wildman–Crippen LogP) is 5.26. The van der Waals surface area contributed by atoms with Crippen LogP contribution in [0.15, 0.2) is 66.0 Å². The maximum absolute atomic E-state index is 13.6. The summed E-state index contributed by atoms with van der Waals surface area (Å²) in [5, 5.41) is 2.03. The summed E-state index contributed by atoms with van der Waals surface area (Å²) in [6.07, 6.45) is 1.80. The molecule has 2 atom stereocenters. The van der Waals surface area contributed by atoms with Gasteiger partial charge in [-0.05, 0) is 54.5 Å². The molecule has 184 valence electrons. The maximum atomic E-state index is 13.6. The van der Waals surface area contributed by atoms with Crippen LogP contribution in [0.3, 0.4) is 0 Å². The molecule has 0 N–H and O–H groups in total. The van der Waals surface area contributed by atoms with Crippen molar-refractivity contribution in [2.24, 2.45) is 0 Å². The Kier molecular flexibility index (Phi) is 8.18. The number of nitrogens with zero attached hydrogens (tertiary/aromatic N) is 2. The van der Waals surface area contributed by atoms with Crippen LogP contribution >= 0.6 is 11.3 Å². The van der Waals surface area contributed by atoms with E-state index in [1.807, 2.05) is 60.5 Å². The number of thiophene rings is 1. The number of carbonyl (C=O) groups is 2. The highest BCUT2D eigenvalue weighted by Gasteiger charge is 2.34. The molecule has 1 aromatic heterocycles. The summed E-state index contributed by atoms with van der Waals surface area (Å²) in [6, 6.07) is 17.3. The van der Waals surface area contributed by atoms with Crippen LogP contribution in [0.25, 0.3) is 0 Å². The number of hydrogen-bond acceptors (Lipinski definition) is 4. The zero-order chi connectivity index (χ0) is 24.8. The molecule has 0 spiro atoms. The van der Waals surface area contributed by atoms with E-state index in [4.69, 9.17) is 4.74 Å². The fourth-order valence-corrected chi connectivity index (χ4v) is 5.35. The molecule has 2 heterocycles. The van der Waals surface area contributed by atoms with Gasteiger partial charge in [-0.1, -0.05) is 43.3 Å². The lowest BCUT2D eigenvalue weighted by Crippen LogP contribution is -2.50. The number of carbonyl (C=O) groups excluding carboxylic acids is 2. The minimum atomic E-state index is -0.364. The number of ether oxygens (including phenoxy) is 1. The molecule has 3 aromatic rings. The minimum absolute atomic E-state index is 0.0244. The van der Waals surface area contributed by atoms with Crippen LogP contribution in [0.5, 0.6) is 5.75 Å². The summed E-state index contributed by atoms with van der Waals surface area (Å²) in [7, 11) is 0. The maximum Gasteiger partial charge on any atom is 0.242 e. The second-order valence-corrected chi connectivity index (χ2v) is 9.86. The Morgan fingerprint density at radius 1 is 1.17 bits per heavy atom. The molecule has 0 fully saturated rings. The van der Waals surface area contributed by atoms with Crippen molar-refractivity contribution in [3.63, 3.8) is 0 Å². The van der Waals surface area contributed by atoms with Gasteiger partial charge in [0.2, 0.25) is 11.8 Å². The van der Waals surface area contributed by atoms with Crippen molar-refractivity contribution in [3.8, 4) is 5.75 Å². The molecule has 5 nitrogen and oxygen atoms in total. The van der Waals surface area contributed by atoms with Gasteiger partial charge in [0.1, 0.15) is 24.7 Å². The molecule has 4 rings (SSSR count). The fourth-order valence-electron chi connectivity index (χ4n) is 4.43. The quantitative estimate of drug-likeness (QED) is 0.408. The Morgan fingerprint density at radius 3 is 2.71 bits per heavy atom. The van der Waals surface area contributed by atoms with Gasteiger partial charge >= 0.3 is 0 Å². The summed E-state index contributed by atoms with van der Waals surface area (Å²) < 4.78 is 19.6. The van der Waals surface area contributed by atoms with Crippen molar-refractivity contribution in [2.75, 3.05) is 19.7 Å². The predicted molar refractivity (Wildman–Crippen MR) is 136 cm³/mol. The third kappa shape index (κ3) is 6.09. The molecule has 1 aliphatic heterocycles. The van der Waals surface area contributed by atoms with Crippen LogP contribution < -0.4 is 4.74 Å². The summed E-state index contributed by atoms with van der Waals surface area (Å²) in [5.74, 6) is -0.0912. The molecule has 35 heavy (non-hydrogen) atoms. The lowest BCUT2D eigenvalue weighted by Gasteiger charge is -2.38. The van der Waals surface area contributed by atoms with E-state index in [2.05, 4.69) is 0 Å². The van der Waals surface area contributed by atoms with Crippen LogP contribution in [0, 0.1) is 5.82 Å². The minimum Gasteiger partial charge on any atom is -0.491 e. The van der Waals surface area contributed by atoms with Crippen molar-refractivity contribution in [2.45, 2.75) is 45.2 Å². The number of rotatable bonds is 9. The second kappa shape index (κ2) is 11.5. The van der Waals surface area contributed by atoms with E-state index in [0.717, 1.165) is 24.0 Å². The number of benzene rings is 2. The lowest BCUT2D eigenvalue weighted by molar-refractivity contribution is -0.144. The SMILES string of the molecule is CCC(C)N(CC(=O)N1CCc2sccc2C1COc1cccc(F)c1)C(=O)Cc1ccccc1. The van der Waals surface area contributed by atoms with E-state index in [0.29, 0.717) is 12.3 Å². The molecule has 2 aromatic carbocycles. The number of hydrogen-bond donors (Lipinski definition) is 0. The number of amides is 2. The average molecular weight is 495 g/mol. The highest BCUT2D eigenvalue weighted by atomic mass is 32.1. The Labute approximate surface area is 210 Å². The van der Waals surface area contributed by atoms with E-state index < -0.39 is 0 Å². The zero-order valence-corrected chi connectivity index (χ0v) is 21.0. The van der Waals surface area contributed by atoms with Crippen LogP contribution in [0.1, 0.15) is 42.3 Å². The molecular formula is C28H31FN2O3S.